The number of ether oxygens (including phenoxy) is 1. The highest BCUT2D eigenvalue weighted by molar-refractivity contribution is 7.59. The number of H-pyrrole nitrogens is 2. The second-order valence-electron chi connectivity index (χ2n) is 14.3. The van der Waals surface area contributed by atoms with Crippen LogP contribution in [0.1, 0.15) is 95.2 Å². The van der Waals surface area contributed by atoms with Gasteiger partial charge in [0.15, 0.2) is 5.82 Å². The Hall–Kier alpha value is -3.78. The van der Waals surface area contributed by atoms with E-state index < -0.39 is 18.0 Å². The average molecular weight is 832 g/mol. The van der Waals surface area contributed by atoms with Gasteiger partial charge in [-0.25, -0.2) is 19.2 Å². The summed E-state index contributed by atoms with van der Waals surface area (Å²) in [6.07, 6.45) is 4.38. The zero-order valence-corrected chi connectivity index (χ0v) is 36.0. The van der Waals surface area contributed by atoms with Crippen LogP contribution in [0.3, 0.4) is 0 Å². The van der Waals surface area contributed by atoms with Gasteiger partial charge in [0.2, 0.25) is 11.8 Å². The third-order valence-corrected chi connectivity index (χ3v) is 10.2. The summed E-state index contributed by atoms with van der Waals surface area (Å²) in [6.45, 7) is 11.1. The molecular weight excluding hydrogens is 778 g/mol. The highest BCUT2D eigenvalue weighted by Crippen LogP contribution is 2.35. The molecule has 2 fully saturated rings. The first-order chi connectivity index (χ1) is 24.4. The van der Waals surface area contributed by atoms with Gasteiger partial charge in [-0.05, 0) is 67.3 Å². The fourth-order valence-electron chi connectivity index (χ4n) is 6.91. The highest BCUT2D eigenvalue weighted by atomic mass is 32.1. The molecule has 4 atom stereocenters. The maximum absolute atomic E-state index is 15.2. The number of hydrogen-bond acceptors (Lipinski definition) is 6. The van der Waals surface area contributed by atoms with Gasteiger partial charge in [-0.15, -0.1) is 0 Å². The zero-order chi connectivity index (χ0) is 36.4. The number of benzene rings is 2. The van der Waals surface area contributed by atoms with Crippen molar-refractivity contribution in [2.45, 2.75) is 78.4 Å². The number of likely N-dealkylation sites (tertiary alicyclic amines) is 2. The number of carbonyl (C=O) groups is 3. The Labute approximate surface area is 350 Å². The number of halogens is 1. The summed E-state index contributed by atoms with van der Waals surface area (Å²) in [5.41, 5.74) is 3.79. The van der Waals surface area contributed by atoms with Crippen LogP contribution in [-0.2, 0) is 14.3 Å². The smallest absolute Gasteiger partial charge is 0.407 e. The molecule has 3 N–H and O–H groups in total. The number of fused-ring (bicyclic) bond motifs is 1. The summed E-state index contributed by atoms with van der Waals surface area (Å²) in [6, 6.07) is 9.73. The molecule has 0 unspecified atom stereocenters. The molecule has 2 saturated heterocycles. The van der Waals surface area contributed by atoms with E-state index in [2.05, 4.69) is 37.1 Å². The van der Waals surface area contributed by atoms with E-state index in [-0.39, 0.29) is 101 Å². The first-order valence-electron chi connectivity index (χ1n) is 17.8. The second-order valence-corrected chi connectivity index (χ2v) is 14.3. The van der Waals surface area contributed by atoms with Gasteiger partial charge in [-0.1, -0.05) is 58.6 Å². The minimum absolute atomic E-state index is 0. The number of methoxy groups -OCH3 is 1. The lowest BCUT2D eigenvalue weighted by Gasteiger charge is -2.30. The number of nitrogens with one attached hydrogen (secondary N) is 3. The number of nitrogens with zero attached hydrogens (tertiary/aromatic N) is 4. The van der Waals surface area contributed by atoms with Gasteiger partial charge in [-0.3, -0.25) is 9.59 Å². The van der Waals surface area contributed by atoms with Crippen molar-refractivity contribution in [3.8, 4) is 23.1 Å². The van der Waals surface area contributed by atoms with E-state index >= 15 is 4.39 Å². The third-order valence-electron chi connectivity index (χ3n) is 10.2. The summed E-state index contributed by atoms with van der Waals surface area (Å²) in [7, 11) is 1.28. The van der Waals surface area contributed by atoms with Crippen LogP contribution in [0.4, 0.5) is 9.18 Å². The van der Waals surface area contributed by atoms with Crippen LogP contribution in [0.25, 0.3) is 22.3 Å². The quantitative estimate of drug-likeness (QED) is 0.165. The number of carbonyl (C=O) groups excluding carboxylic acids is 3. The van der Waals surface area contributed by atoms with E-state index in [1.54, 1.807) is 17.2 Å². The maximum Gasteiger partial charge on any atom is 0.407 e. The molecule has 3 amide bonds. The van der Waals surface area contributed by atoms with E-state index in [0.717, 1.165) is 42.5 Å². The van der Waals surface area contributed by atoms with Crippen molar-refractivity contribution in [1.82, 2.24) is 35.1 Å². The molecule has 0 aliphatic carbocycles. The SMILES string of the molecule is COC(=O)N[C@H](C(=O)N1CCC[C@H]1c1ncc(-c2ccc(C#Cc3cc(F)c4nc([C@@H]5CCCN5C(=O)[C@@H](C)C(C)C)[nH]c4c3)cc2)[nH]1)C(C)C.S.S.S.S. The Morgan fingerprint density at radius 1 is 0.836 bits per heavy atom. The van der Waals surface area contributed by atoms with Crippen LogP contribution in [0.2, 0.25) is 0 Å². The number of alkyl carbamates (subject to hydrolysis) is 1. The van der Waals surface area contributed by atoms with E-state index in [4.69, 9.17) is 4.74 Å². The summed E-state index contributed by atoms with van der Waals surface area (Å²) in [5.74, 6) is 7.03. The van der Waals surface area contributed by atoms with Gasteiger partial charge in [0, 0.05) is 30.1 Å². The fourth-order valence-corrected chi connectivity index (χ4v) is 6.91. The number of amides is 3. The largest absolute Gasteiger partial charge is 0.453 e. The van der Waals surface area contributed by atoms with Crippen LogP contribution in [0.5, 0.6) is 0 Å². The summed E-state index contributed by atoms with van der Waals surface area (Å²) in [5, 5.41) is 2.68. The van der Waals surface area contributed by atoms with Crippen molar-refractivity contribution in [1.29, 1.82) is 0 Å². The molecule has 2 aromatic heterocycles. The summed E-state index contributed by atoms with van der Waals surface area (Å²) in [4.78, 5) is 58.1. The van der Waals surface area contributed by atoms with Gasteiger partial charge in [0.25, 0.3) is 0 Å². The molecule has 0 radical (unpaired) electrons. The number of imidazole rings is 2. The summed E-state index contributed by atoms with van der Waals surface area (Å²) < 4.78 is 20.0. The fraction of sp³-hybridized carbons (Fsp3) is 0.462. The molecule has 0 bridgehead atoms. The average Bonchev–Trinajstić information content (AvgIpc) is 3.94. The number of rotatable bonds is 8. The van der Waals surface area contributed by atoms with Crippen molar-refractivity contribution >= 4 is 82.9 Å². The van der Waals surface area contributed by atoms with Crippen LogP contribution >= 0.6 is 54.0 Å². The number of hydrogen-bond donors (Lipinski definition) is 3. The third kappa shape index (κ3) is 10.3. The molecule has 0 spiro atoms. The molecule has 16 heteroatoms. The molecule has 4 heterocycles. The van der Waals surface area contributed by atoms with Crippen molar-refractivity contribution < 1.29 is 23.5 Å². The molecule has 55 heavy (non-hydrogen) atoms. The Bertz CT molecular complexity index is 1990. The standard InChI is InChI=1S/C39H46FN7O4.4H2S/c1-22(2)24(5)37(48)46-17-8-10-32(46)36-42-29-20-26(19-28(40)34(29)44-36)12-11-25-13-15-27(16-14-25)30-21-41-35(43-30)31-9-7-18-47(31)38(49)33(23(3)4)45-39(50)51-6;;;;/h13-16,19-24,31-33H,7-10,17-18H2,1-6H3,(H,41,43)(H,42,44)(H,45,50);4*1H2/t24-,31-,32-,33-;;;;/m0..../s1. The van der Waals surface area contributed by atoms with Gasteiger partial charge in [-0.2, -0.15) is 54.0 Å². The van der Waals surface area contributed by atoms with Gasteiger partial charge in [0.1, 0.15) is 23.2 Å². The summed E-state index contributed by atoms with van der Waals surface area (Å²) >= 11 is 0. The van der Waals surface area contributed by atoms with Crippen LogP contribution in [0, 0.1) is 35.4 Å². The Morgan fingerprint density at radius 2 is 1.44 bits per heavy atom. The molecule has 6 rings (SSSR count). The van der Waals surface area contributed by atoms with Crippen LogP contribution in [-0.4, -0.2) is 73.9 Å². The monoisotopic (exact) mass is 831 g/mol. The van der Waals surface area contributed by atoms with Crippen LogP contribution in [0.15, 0.2) is 42.6 Å². The molecule has 2 aliphatic heterocycles. The Morgan fingerprint density at radius 3 is 2.04 bits per heavy atom. The Balaban J connectivity index is 0.00000261. The van der Waals surface area contributed by atoms with Gasteiger partial charge >= 0.3 is 6.09 Å². The van der Waals surface area contributed by atoms with Gasteiger partial charge in [0.05, 0.1) is 36.6 Å². The predicted octanol–water partition coefficient (Wildman–Crippen LogP) is 6.94. The molecule has 2 aromatic carbocycles. The van der Waals surface area contributed by atoms with Gasteiger partial charge < -0.3 is 29.8 Å². The van der Waals surface area contributed by atoms with Crippen molar-refractivity contribution in [3.63, 3.8) is 0 Å². The maximum atomic E-state index is 15.2. The van der Waals surface area contributed by atoms with Crippen molar-refractivity contribution in [2.75, 3.05) is 20.2 Å². The van der Waals surface area contributed by atoms with Crippen molar-refractivity contribution in [2.24, 2.45) is 17.8 Å². The first kappa shape index (κ1) is 47.4. The van der Waals surface area contributed by atoms with E-state index in [1.165, 1.54) is 13.2 Å². The lowest BCUT2D eigenvalue weighted by Crippen LogP contribution is -2.51. The highest BCUT2D eigenvalue weighted by Gasteiger charge is 2.38. The Kier molecular flexibility index (Phi) is 17.6. The van der Waals surface area contributed by atoms with E-state index in [9.17, 15) is 14.4 Å². The molecule has 300 valence electrons. The normalized spacial score (nSPS) is 17.3. The lowest BCUT2D eigenvalue weighted by atomic mass is 9.96. The molecule has 11 nitrogen and oxygen atoms in total. The van der Waals surface area contributed by atoms with Crippen LogP contribution < -0.4 is 5.32 Å². The second kappa shape index (κ2) is 20.4. The zero-order valence-electron chi connectivity index (χ0n) is 32.0. The molecule has 0 saturated carbocycles. The predicted molar refractivity (Wildman–Crippen MR) is 233 cm³/mol. The first-order valence-corrected chi connectivity index (χ1v) is 17.8. The number of aromatic nitrogens is 4. The molecular formula is C39H54FN7O4S4. The number of aromatic amines is 2. The minimum atomic E-state index is -0.699. The molecule has 2 aliphatic rings. The van der Waals surface area contributed by atoms with E-state index in [0.29, 0.717) is 35.8 Å². The topological polar surface area (TPSA) is 136 Å². The molecule has 4 aromatic rings. The minimum Gasteiger partial charge on any atom is -0.453 e. The van der Waals surface area contributed by atoms with E-state index in [1.807, 2.05) is 63.8 Å². The van der Waals surface area contributed by atoms with Crippen molar-refractivity contribution in [3.05, 3.63) is 71.2 Å². The lowest BCUT2D eigenvalue weighted by molar-refractivity contribution is -0.137.